The van der Waals surface area contributed by atoms with Crippen LogP contribution in [0.1, 0.15) is 54.2 Å². The molecule has 0 saturated carbocycles. The zero-order valence-electron chi connectivity index (χ0n) is 23.3. The lowest BCUT2D eigenvalue weighted by molar-refractivity contribution is 0.0538. The predicted octanol–water partition coefficient (Wildman–Crippen LogP) is 5.78. The van der Waals surface area contributed by atoms with Crippen LogP contribution in [0.25, 0.3) is 27.6 Å². The van der Waals surface area contributed by atoms with E-state index in [1.54, 1.807) is 28.0 Å². The number of hydrogen-bond acceptors (Lipinski definition) is 7. The van der Waals surface area contributed by atoms with E-state index in [1.807, 2.05) is 64.1 Å². The smallest absolute Gasteiger partial charge is 0.418 e. The lowest BCUT2D eigenvalue weighted by Gasteiger charge is -2.19. The van der Waals surface area contributed by atoms with E-state index >= 15 is 0 Å². The molecule has 0 unspecified atom stereocenters. The topological polar surface area (TPSA) is 109 Å². The summed E-state index contributed by atoms with van der Waals surface area (Å²) in [6.45, 7) is 14.2. The van der Waals surface area contributed by atoms with Gasteiger partial charge in [-0.3, -0.25) is 9.36 Å². The summed E-state index contributed by atoms with van der Waals surface area (Å²) < 4.78 is 10.3. The number of anilines is 2. The third kappa shape index (κ3) is 5.14. The number of rotatable bonds is 4. The van der Waals surface area contributed by atoms with Crippen LogP contribution in [0.15, 0.2) is 59.8 Å². The molecule has 0 saturated heterocycles. The zero-order valence-corrected chi connectivity index (χ0v) is 23.3. The summed E-state index contributed by atoms with van der Waals surface area (Å²) >= 11 is 0. The van der Waals surface area contributed by atoms with Crippen LogP contribution in [-0.4, -0.2) is 40.6 Å². The van der Waals surface area contributed by atoms with Gasteiger partial charge < -0.3 is 10.1 Å². The number of benzene rings is 1. The second-order valence-electron chi connectivity index (χ2n) is 11.5. The van der Waals surface area contributed by atoms with Crippen LogP contribution in [0.4, 0.5) is 16.4 Å². The molecule has 4 heterocycles. The van der Waals surface area contributed by atoms with E-state index in [9.17, 15) is 9.59 Å². The molecule has 10 nitrogen and oxygen atoms in total. The number of pyridine rings is 1. The van der Waals surface area contributed by atoms with Crippen molar-refractivity contribution in [2.45, 2.75) is 66.0 Å². The van der Waals surface area contributed by atoms with Crippen LogP contribution in [0.5, 0.6) is 0 Å². The van der Waals surface area contributed by atoms with Crippen LogP contribution < -0.4 is 10.9 Å². The van der Waals surface area contributed by atoms with Gasteiger partial charge in [0, 0.05) is 52.7 Å². The number of carbonyl (C=O) groups excluding carboxylic acids is 1. The van der Waals surface area contributed by atoms with Crippen LogP contribution in [-0.2, 0) is 16.7 Å². The Hall–Kier alpha value is -4.47. The monoisotopic (exact) mass is 527 g/mol. The van der Waals surface area contributed by atoms with Gasteiger partial charge in [-0.05, 0) is 52.0 Å². The van der Waals surface area contributed by atoms with Gasteiger partial charge in [0.2, 0.25) is 5.95 Å². The minimum absolute atomic E-state index is 0.154. The fourth-order valence-electron chi connectivity index (χ4n) is 4.33. The van der Waals surface area contributed by atoms with Gasteiger partial charge in [0.25, 0.3) is 5.56 Å². The van der Waals surface area contributed by atoms with E-state index < -0.39 is 11.7 Å². The van der Waals surface area contributed by atoms with Crippen molar-refractivity contribution in [3.05, 3.63) is 71.0 Å². The quantitative estimate of drug-likeness (QED) is 0.316. The molecule has 0 aliphatic heterocycles. The molecule has 4 aromatic heterocycles. The molecule has 0 radical (unpaired) electrons. The van der Waals surface area contributed by atoms with E-state index in [0.29, 0.717) is 29.3 Å². The van der Waals surface area contributed by atoms with Crippen molar-refractivity contribution in [2.24, 2.45) is 0 Å². The Morgan fingerprint density at radius 2 is 1.74 bits per heavy atom. The van der Waals surface area contributed by atoms with E-state index in [2.05, 4.69) is 31.1 Å². The first kappa shape index (κ1) is 26.1. The van der Waals surface area contributed by atoms with Crippen LogP contribution in [0.2, 0.25) is 0 Å². The van der Waals surface area contributed by atoms with Crippen molar-refractivity contribution in [1.29, 1.82) is 0 Å². The van der Waals surface area contributed by atoms with Crippen molar-refractivity contribution in [3.8, 4) is 5.82 Å². The first-order chi connectivity index (χ1) is 18.3. The number of aromatic nitrogens is 6. The molecule has 202 valence electrons. The van der Waals surface area contributed by atoms with Gasteiger partial charge in [-0.25, -0.2) is 24.1 Å². The van der Waals surface area contributed by atoms with Crippen molar-refractivity contribution >= 4 is 39.5 Å². The Morgan fingerprint density at radius 1 is 1.00 bits per heavy atom. The summed E-state index contributed by atoms with van der Waals surface area (Å²) in [5.74, 6) is 0.952. The van der Waals surface area contributed by atoms with E-state index in [1.165, 1.54) is 4.57 Å². The number of fused-ring (bicyclic) bond motifs is 2. The third-order valence-electron chi connectivity index (χ3n) is 6.20. The van der Waals surface area contributed by atoms with E-state index in [4.69, 9.17) is 14.7 Å². The van der Waals surface area contributed by atoms with Gasteiger partial charge in [0.05, 0.1) is 0 Å². The van der Waals surface area contributed by atoms with Gasteiger partial charge in [-0.15, -0.1) is 0 Å². The molecule has 0 aliphatic rings. The molecule has 0 atom stereocenters. The van der Waals surface area contributed by atoms with Gasteiger partial charge in [-0.1, -0.05) is 32.9 Å². The number of ether oxygens (including phenoxy) is 1. The molecular weight excluding hydrogens is 494 g/mol. The second kappa shape index (κ2) is 9.37. The second-order valence-corrected chi connectivity index (χ2v) is 11.5. The Bertz CT molecular complexity index is 1760. The summed E-state index contributed by atoms with van der Waals surface area (Å²) in [7, 11) is 0. The van der Waals surface area contributed by atoms with Gasteiger partial charge >= 0.3 is 6.09 Å². The number of carbonyl (C=O) groups is 1. The summed E-state index contributed by atoms with van der Waals surface area (Å²) in [4.78, 5) is 39.6. The maximum Gasteiger partial charge on any atom is 0.418 e. The molecule has 10 heteroatoms. The van der Waals surface area contributed by atoms with Crippen molar-refractivity contribution in [2.75, 3.05) is 5.32 Å². The van der Waals surface area contributed by atoms with Crippen LogP contribution in [0.3, 0.4) is 0 Å². The molecule has 39 heavy (non-hydrogen) atoms. The lowest BCUT2D eigenvalue weighted by atomic mass is 9.92. The summed E-state index contributed by atoms with van der Waals surface area (Å²) in [6, 6.07) is 11.5. The first-order valence-corrected chi connectivity index (χ1v) is 12.9. The molecule has 1 aromatic carbocycles. The minimum Gasteiger partial charge on any atom is -0.443 e. The Labute approximate surface area is 226 Å². The molecule has 0 spiro atoms. The predicted molar refractivity (Wildman–Crippen MR) is 152 cm³/mol. The number of hydrogen-bond donors (Lipinski definition) is 1. The van der Waals surface area contributed by atoms with Crippen molar-refractivity contribution in [1.82, 2.24) is 28.9 Å². The fraction of sp³-hybridized carbons (Fsp3) is 0.345. The van der Waals surface area contributed by atoms with Gasteiger partial charge in [0.1, 0.15) is 11.0 Å². The highest BCUT2D eigenvalue weighted by Gasteiger charge is 2.21. The standard InChI is InChI=1S/C29H33N7O3/c1-8-35-25(37)21-15-30-26(33-24(21)36(35)23-11-9-10-22(32-23)28(2,3)4)31-20-13-12-18-16-34(17-19(18)14-20)27(38)39-29(5,6)7/h9-17H,8H2,1-7H3,(H,30,31,33). The molecule has 1 N–H and O–H groups in total. The van der Waals surface area contributed by atoms with E-state index in [-0.39, 0.29) is 11.0 Å². The summed E-state index contributed by atoms with van der Waals surface area (Å²) in [5, 5.41) is 5.39. The van der Waals surface area contributed by atoms with E-state index in [0.717, 1.165) is 22.2 Å². The maximum atomic E-state index is 13.2. The molecule has 0 bridgehead atoms. The van der Waals surface area contributed by atoms with Crippen LogP contribution >= 0.6 is 0 Å². The number of nitrogens with one attached hydrogen (secondary N) is 1. The highest BCUT2D eigenvalue weighted by Crippen LogP contribution is 2.25. The SMILES string of the molecule is CCn1c(=O)c2cnc(Nc3ccc4cn(C(=O)OC(C)(C)C)cc4c3)nc2n1-c1cccc(C(C)(C)C)n1. The Balaban J connectivity index is 1.52. The highest BCUT2D eigenvalue weighted by molar-refractivity contribution is 5.90. The van der Waals surface area contributed by atoms with Gasteiger partial charge in [0.15, 0.2) is 11.5 Å². The molecule has 5 rings (SSSR count). The molecule has 0 aliphatic carbocycles. The molecular formula is C29H33N7O3. The summed E-state index contributed by atoms with van der Waals surface area (Å²) in [6.07, 6.45) is 4.57. The molecule has 0 amide bonds. The molecule has 5 aromatic rings. The van der Waals surface area contributed by atoms with Crippen LogP contribution in [0, 0.1) is 0 Å². The largest absolute Gasteiger partial charge is 0.443 e. The Morgan fingerprint density at radius 3 is 2.44 bits per heavy atom. The minimum atomic E-state index is -0.586. The Kier molecular flexibility index (Phi) is 6.28. The van der Waals surface area contributed by atoms with Crippen molar-refractivity contribution < 1.29 is 9.53 Å². The average molecular weight is 528 g/mol. The molecule has 0 fully saturated rings. The lowest BCUT2D eigenvalue weighted by Crippen LogP contribution is -2.26. The average Bonchev–Trinajstić information content (AvgIpc) is 3.41. The maximum absolute atomic E-state index is 13.2. The zero-order chi connectivity index (χ0) is 28.1. The highest BCUT2D eigenvalue weighted by atomic mass is 16.6. The normalized spacial score (nSPS) is 12.3. The number of nitrogens with zero attached hydrogens (tertiary/aromatic N) is 6. The van der Waals surface area contributed by atoms with Gasteiger partial charge in [-0.2, -0.15) is 4.98 Å². The first-order valence-electron chi connectivity index (χ1n) is 12.9. The summed E-state index contributed by atoms with van der Waals surface area (Å²) in [5.41, 5.74) is 1.20. The van der Waals surface area contributed by atoms with Crippen molar-refractivity contribution in [3.63, 3.8) is 0 Å². The fourth-order valence-corrected chi connectivity index (χ4v) is 4.33. The third-order valence-corrected chi connectivity index (χ3v) is 6.20.